The van der Waals surface area contributed by atoms with Gasteiger partial charge in [-0.25, -0.2) is 12.7 Å². The van der Waals surface area contributed by atoms with Gasteiger partial charge in [0.15, 0.2) is 0 Å². The molecular formula is C32H42N6O4S. The fraction of sp³-hybridized carbons (Fsp3) is 0.500. The fourth-order valence-corrected chi connectivity index (χ4v) is 8.34. The summed E-state index contributed by atoms with van der Waals surface area (Å²) in [5, 5.41) is 0.970. The molecule has 230 valence electrons. The van der Waals surface area contributed by atoms with Crippen molar-refractivity contribution < 1.29 is 18.0 Å². The second-order valence-electron chi connectivity index (χ2n) is 12.1. The summed E-state index contributed by atoms with van der Waals surface area (Å²) in [6, 6.07) is 13.9. The molecule has 0 atom stereocenters. The minimum absolute atomic E-state index is 0.111. The molecule has 3 saturated heterocycles. The summed E-state index contributed by atoms with van der Waals surface area (Å²) in [7, 11) is -3.37. The molecule has 3 aliphatic heterocycles. The first-order chi connectivity index (χ1) is 20.8. The van der Waals surface area contributed by atoms with E-state index in [9.17, 15) is 18.0 Å². The van der Waals surface area contributed by atoms with E-state index in [2.05, 4.69) is 20.9 Å². The lowest BCUT2D eigenvalue weighted by Crippen LogP contribution is -2.51. The quantitative estimate of drug-likeness (QED) is 0.386. The summed E-state index contributed by atoms with van der Waals surface area (Å²) in [5.74, 6) is 0.0340. The number of likely N-dealkylation sites (tertiary alicyclic amines) is 1. The highest BCUT2D eigenvalue weighted by Crippen LogP contribution is 2.37. The Bertz CT molecular complexity index is 1550. The number of aromatic nitrogens is 1. The Balaban J connectivity index is 1.04. The first-order valence-electron chi connectivity index (χ1n) is 15.5. The van der Waals surface area contributed by atoms with E-state index in [0.717, 1.165) is 92.5 Å². The first-order valence-corrected chi connectivity index (χ1v) is 17.1. The molecule has 11 heteroatoms. The number of hydrogen-bond donors (Lipinski definition) is 2. The van der Waals surface area contributed by atoms with Crippen LogP contribution in [0.4, 0.5) is 0 Å². The highest BCUT2D eigenvalue weighted by molar-refractivity contribution is 7.89. The van der Waals surface area contributed by atoms with Gasteiger partial charge in [-0.3, -0.25) is 19.4 Å². The molecule has 10 nitrogen and oxygen atoms in total. The second-order valence-corrected chi connectivity index (χ2v) is 14.2. The standard InChI is InChI=1S/C32H42N6O4S/c33-32(40)28-21-26(24-6-2-1-3-7-24)20-27-29(22-34-31(27)28)25-8-12-38(13-9-25)43(41,42)19-18-35-14-16-36(17-15-35)23-30(39)37-10-4-5-11-37/h1-3,6-7,20-22,25,34H,4-5,8-19,23H2,(H2,33,40). The molecule has 0 spiro atoms. The van der Waals surface area contributed by atoms with Crippen molar-refractivity contribution in [1.29, 1.82) is 0 Å². The van der Waals surface area contributed by atoms with Gasteiger partial charge in [0.05, 0.1) is 23.4 Å². The molecule has 2 aromatic carbocycles. The van der Waals surface area contributed by atoms with Gasteiger partial charge in [0, 0.05) is 70.5 Å². The number of nitrogens with zero attached hydrogens (tertiary/aromatic N) is 4. The van der Waals surface area contributed by atoms with E-state index in [1.165, 1.54) is 0 Å². The number of aromatic amines is 1. The molecule has 0 bridgehead atoms. The number of piperazine rings is 1. The van der Waals surface area contributed by atoms with Crippen LogP contribution in [0.2, 0.25) is 0 Å². The number of hydrogen-bond acceptors (Lipinski definition) is 6. The topological polar surface area (TPSA) is 123 Å². The van der Waals surface area contributed by atoms with Gasteiger partial charge < -0.3 is 15.6 Å². The van der Waals surface area contributed by atoms with Gasteiger partial charge in [0.2, 0.25) is 15.9 Å². The Kier molecular flexibility index (Phi) is 8.85. The third-order valence-electron chi connectivity index (χ3n) is 9.43. The second kappa shape index (κ2) is 12.8. The van der Waals surface area contributed by atoms with Crippen LogP contribution in [0, 0.1) is 0 Å². The van der Waals surface area contributed by atoms with E-state index in [1.54, 1.807) is 4.31 Å². The molecule has 0 saturated carbocycles. The van der Waals surface area contributed by atoms with Gasteiger partial charge in [-0.15, -0.1) is 0 Å². The Hall–Kier alpha value is -3.25. The first kappa shape index (κ1) is 29.8. The van der Waals surface area contributed by atoms with Crippen LogP contribution in [0.15, 0.2) is 48.7 Å². The monoisotopic (exact) mass is 606 g/mol. The third-order valence-corrected chi connectivity index (χ3v) is 11.3. The van der Waals surface area contributed by atoms with Crippen molar-refractivity contribution >= 4 is 32.7 Å². The third kappa shape index (κ3) is 6.64. The number of nitrogens with one attached hydrogen (secondary N) is 1. The number of sulfonamides is 1. The highest BCUT2D eigenvalue weighted by atomic mass is 32.2. The van der Waals surface area contributed by atoms with Crippen molar-refractivity contribution in [3.63, 3.8) is 0 Å². The van der Waals surface area contributed by atoms with Crippen LogP contribution < -0.4 is 5.73 Å². The molecular weight excluding hydrogens is 564 g/mol. The Morgan fingerprint density at radius 2 is 1.53 bits per heavy atom. The Labute approximate surface area is 253 Å². The molecule has 3 N–H and O–H groups in total. The van der Waals surface area contributed by atoms with Gasteiger partial charge in [-0.1, -0.05) is 30.3 Å². The smallest absolute Gasteiger partial charge is 0.250 e. The van der Waals surface area contributed by atoms with Crippen molar-refractivity contribution in [3.05, 3.63) is 59.8 Å². The van der Waals surface area contributed by atoms with Crippen molar-refractivity contribution in [2.45, 2.75) is 31.6 Å². The average Bonchev–Trinajstić information content (AvgIpc) is 3.72. The maximum absolute atomic E-state index is 13.3. The van der Waals surface area contributed by atoms with Gasteiger partial charge in [-0.05, 0) is 60.4 Å². The number of benzene rings is 2. The lowest BCUT2D eigenvalue weighted by Gasteiger charge is -2.36. The van der Waals surface area contributed by atoms with Crippen LogP contribution in [0.25, 0.3) is 22.0 Å². The Morgan fingerprint density at radius 1 is 0.860 bits per heavy atom. The van der Waals surface area contributed by atoms with Crippen LogP contribution in [-0.2, 0) is 14.8 Å². The number of rotatable bonds is 9. The fourth-order valence-electron chi connectivity index (χ4n) is 6.83. The minimum atomic E-state index is -3.37. The van der Waals surface area contributed by atoms with E-state index in [4.69, 9.17) is 5.73 Å². The van der Waals surface area contributed by atoms with Crippen molar-refractivity contribution in [2.24, 2.45) is 5.73 Å². The Morgan fingerprint density at radius 3 is 2.21 bits per heavy atom. The summed E-state index contributed by atoms with van der Waals surface area (Å²) in [6.07, 6.45) is 5.60. The van der Waals surface area contributed by atoms with Crippen molar-refractivity contribution in [3.8, 4) is 11.1 Å². The van der Waals surface area contributed by atoms with Crippen molar-refractivity contribution in [1.82, 2.24) is 24.0 Å². The molecule has 0 aliphatic carbocycles. The van der Waals surface area contributed by atoms with E-state index in [-0.39, 0.29) is 17.6 Å². The maximum atomic E-state index is 13.3. The molecule has 6 rings (SSSR count). The van der Waals surface area contributed by atoms with Crippen LogP contribution >= 0.6 is 0 Å². The largest absolute Gasteiger partial charge is 0.366 e. The van der Waals surface area contributed by atoms with E-state index < -0.39 is 15.9 Å². The molecule has 2 amide bonds. The van der Waals surface area contributed by atoms with E-state index in [1.807, 2.05) is 47.5 Å². The molecule has 3 aromatic rings. The zero-order valence-electron chi connectivity index (χ0n) is 24.7. The summed E-state index contributed by atoms with van der Waals surface area (Å²) >= 11 is 0. The number of amides is 2. The maximum Gasteiger partial charge on any atom is 0.250 e. The summed E-state index contributed by atoms with van der Waals surface area (Å²) in [6.45, 7) is 6.83. The van der Waals surface area contributed by atoms with Gasteiger partial charge in [0.25, 0.3) is 5.91 Å². The number of primary amides is 1. The molecule has 43 heavy (non-hydrogen) atoms. The highest BCUT2D eigenvalue weighted by Gasteiger charge is 2.31. The van der Waals surface area contributed by atoms with Crippen LogP contribution in [0.5, 0.6) is 0 Å². The zero-order valence-corrected chi connectivity index (χ0v) is 25.5. The zero-order chi connectivity index (χ0) is 30.0. The molecule has 0 radical (unpaired) electrons. The van der Waals surface area contributed by atoms with Crippen LogP contribution in [-0.4, -0.2) is 115 Å². The number of piperidine rings is 1. The molecule has 3 fully saturated rings. The predicted octanol–water partition coefficient (Wildman–Crippen LogP) is 2.68. The van der Waals surface area contributed by atoms with Gasteiger partial charge in [-0.2, -0.15) is 0 Å². The number of carbonyl (C=O) groups excluding carboxylic acids is 2. The lowest BCUT2D eigenvalue weighted by atomic mass is 9.88. The minimum Gasteiger partial charge on any atom is -0.366 e. The van der Waals surface area contributed by atoms with Crippen LogP contribution in [0.1, 0.15) is 47.5 Å². The molecule has 3 aliphatic rings. The summed E-state index contributed by atoms with van der Waals surface area (Å²) < 4.78 is 28.2. The lowest BCUT2D eigenvalue weighted by molar-refractivity contribution is -0.131. The number of nitrogens with two attached hydrogens (primary N) is 1. The molecule has 4 heterocycles. The van der Waals surface area contributed by atoms with Gasteiger partial charge >= 0.3 is 0 Å². The summed E-state index contributed by atoms with van der Waals surface area (Å²) in [5.41, 5.74) is 10.0. The summed E-state index contributed by atoms with van der Waals surface area (Å²) in [4.78, 5) is 34.4. The number of carbonyl (C=O) groups is 2. The molecule has 1 aromatic heterocycles. The predicted molar refractivity (Wildman–Crippen MR) is 168 cm³/mol. The SMILES string of the molecule is NC(=O)c1cc(-c2ccccc2)cc2c(C3CCN(S(=O)(=O)CCN4CCN(CC(=O)N5CCCC5)CC4)CC3)c[nH]c12. The van der Waals surface area contributed by atoms with Crippen LogP contribution in [0.3, 0.4) is 0 Å². The number of fused-ring (bicyclic) bond motifs is 1. The van der Waals surface area contributed by atoms with Crippen molar-refractivity contribution in [2.75, 3.05) is 71.2 Å². The van der Waals surface area contributed by atoms with Gasteiger partial charge in [0.1, 0.15) is 0 Å². The van der Waals surface area contributed by atoms with E-state index in [0.29, 0.717) is 31.7 Å². The average molecular weight is 607 g/mol. The van der Waals surface area contributed by atoms with E-state index >= 15 is 0 Å². The molecule has 0 unspecified atom stereocenters. The number of H-pyrrole nitrogens is 1. The normalized spacial score (nSPS) is 19.8.